The van der Waals surface area contributed by atoms with E-state index in [4.69, 9.17) is 0 Å². The van der Waals surface area contributed by atoms with E-state index in [2.05, 4.69) is 54.5 Å². The van der Waals surface area contributed by atoms with Gasteiger partial charge in [0.15, 0.2) is 0 Å². The largest absolute Gasteiger partial charge is 0.0845 e. The van der Waals surface area contributed by atoms with Gasteiger partial charge in [-0.2, -0.15) is 0 Å². The van der Waals surface area contributed by atoms with Crippen LogP contribution in [0.1, 0.15) is 126 Å². The maximum absolute atomic E-state index is 2.79. The van der Waals surface area contributed by atoms with Gasteiger partial charge in [-0.3, -0.25) is 0 Å². The molecule has 3 fully saturated rings. The van der Waals surface area contributed by atoms with Crippen molar-refractivity contribution in [1.82, 2.24) is 0 Å². The second-order valence-corrected chi connectivity index (χ2v) is 14.0. The lowest BCUT2D eigenvalue weighted by Crippen LogP contribution is -2.50. The van der Waals surface area contributed by atoms with Crippen molar-refractivity contribution in [2.45, 2.75) is 126 Å². The van der Waals surface area contributed by atoms with E-state index in [0.717, 1.165) is 47.3 Å². The van der Waals surface area contributed by atoms with Crippen LogP contribution < -0.4 is 0 Å². The van der Waals surface area contributed by atoms with E-state index >= 15 is 0 Å². The summed E-state index contributed by atoms with van der Waals surface area (Å²) in [5.41, 5.74) is 3.07. The van der Waals surface area contributed by atoms with E-state index in [1.165, 1.54) is 77.0 Å². The van der Waals surface area contributed by atoms with Crippen LogP contribution in [-0.4, -0.2) is 0 Å². The quantitative estimate of drug-likeness (QED) is 0.355. The van der Waals surface area contributed by atoms with Gasteiger partial charge in [0.25, 0.3) is 0 Å². The summed E-state index contributed by atoms with van der Waals surface area (Å²) in [4.78, 5) is 0. The van der Waals surface area contributed by atoms with Gasteiger partial charge in [-0.1, -0.05) is 79.4 Å². The second kappa shape index (κ2) is 9.18. The van der Waals surface area contributed by atoms with Gasteiger partial charge in [-0.15, -0.1) is 0 Å². The summed E-state index contributed by atoms with van der Waals surface area (Å²) in [6.07, 6.45) is 20.5. The molecule has 4 rings (SSSR count). The molecule has 0 amide bonds. The van der Waals surface area contributed by atoms with Crippen LogP contribution in [0.4, 0.5) is 0 Å². The first-order valence-electron chi connectivity index (χ1n) is 14.3. The monoisotopic (exact) mass is 426 g/mol. The van der Waals surface area contributed by atoms with Crippen LogP contribution >= 0.6 is 0 Å². The Kier molecular flexibility index (Phi) is 7.07. The topological polar surface area (TPSA) is 0 Å². The minimum atomic E-state index is 0.540. The van der Waals surface area contributed by atoms with E-state index < -0.39 is 0 Å². The SMILES string of the molecule is CC(C)CCC[C@@H](C)[C@H]1CC[C@H]2[C@@H]3CC=C4CC(CC(C)C)CC[C@]4(C)[C@H]3CC[C@]12C. The highest BCUT2D eigenvalue weighted by molar-refractivity contribution is 5.25. The molecule has 3 saturated carbocycles. The summed E-state index contributed by atoms with van der Waals surface area (Å²) < 4.78 is 0. The molecule has 0 saturated heterocycles. The molecule has 4 aliphatic rings. The fourth-order valence-corrected chi connectivity index (χ4v) is 9.63. The number of hydrogen-bond donors (Lipinski definition) is 0. The standard InChI is InChI=1S/C31H54/c1-21(2)9-8-10-23(5)27-13-14-28-26-12-11-25-20-24(19-22(3)4)15-17-30(25,6)29(26)16-18-31(27,28)7/h11,21-24,26-29H,8-10,12-20H2,1-7H3/t23-,24?,26+,27-,28+,29+,30+,31-/m1/s1. The third kappa shape index (κ3) is 4.45. The molecule has 31 heavy (non-hydrogen) atoms. The molecule has 8 atom stereocenters. The van der Waals surface area contributed by atoms with Gasteiger partial charge in [0, 0.05) is 0 Å². The van der Waals surface area contributed by atoms with Gasteiger partial charge < -0.3 is 0 Å². The highest BCUT2D eigenvalue weighted by Gasteiger charge is 2.59. The minimum absolute atomic E-state index is 0.540. The van der Waals surface area contributed by atoms with Gasteiger partial charge in [-0.25, -0.2) is 0 Å². The van der Waals surface area contributed by atoms with Gasteiger partial charge >= 0.3 is 0 Å². The molecule has 0 nitrogen and oxygen atoms in total. The molecule has 0 aromatic heterocycles. The zero-order valence-corrected chi connectivity index (χ0v) is 22.2. The fourth-order valence-electron chi connectivity index (χ4n) is 9.63. The molecule has 0 N–H and O–H groups in total. The Hall–Kier alpha value is -0.260. The second-order valence-electron chi connectivity index (χ2n) is 14.0. The van der Waals surface area contributed by atoms with Crippen molar-refractivity contribution in [3.05, 3.63) is 11.6 Å². The first kappa shape index (κ1) is 23.9. The third-order valence-corrected chi connectivity index (χ3v) is 11.2. The van der Waals surface area contributed by atoms with Crippen molar-refractivity contribution >= 4 is 0 Å². The van der Waals surface area contributed by atoms with Crippen molar-refractivity contribution in [2.24, 2.45) is 58.2 Å². The average Bonchev–Trinajstić information content (AvgIpc) is 3.05. The molecule has 4 aliphatic carbocycles. The molecule has 0 heterocycles. The Morgan fingerprint density at radius 1 is 0.871 bits per heavy atom. The summed E-state index contributed by atoms with van der Waals surface area (Å²) in [5.74, 6) is 7.60. The maximum Gasteiger partial charge on any atom is -0.00851 e. The van der Waals surface area contributed by atoms with E-state index in [-0.39, 0.29) is 0 Å². The fraction of sp³-hybridized carbons (Fsp3) is 0.935. The Balaban J connectivity index is 1.46. The zero-order chi connectivity index (χ0) is 22.4. The lowest BCUT2D eigenvalue weighted by molar-refractivity contribution is -0.0531. The van der Waals surface area contributed by atoms with E-state index in [0.29, 0.717) is 10.8 Å². The molecule has 0 aromatic carbocycles. The number of allylic oxidation sites excluding steroid dienone is 2. The van der Waals surface area contributed by atoms with Crippen LogP contribution in [0.25, 0.3) is 0 Å². The van der Waals surface area contributed by atoms with Crippen LogP contribution in [0.15, 0.2) is 11.6 Å². The molecule has 0 heteroatoms. The van der Waals surface area contributed by atoms with Crippen LogP contribution in [0.5, 0.6) is 0 Å². The van der Waals surface area contributed by atoms with Crippen LogP contribution in [0.2, 0.25) is 0 Å². The smallest absolute Gasteiger partial charge is 0.00851 e. The van der Waals surface area contributed by atoms with Crippen LogP contribution in [0.3, 0.4) is 0 Å². The lowest BCUT2D eigenvalue weighted by Gasteiger charge is -2.58. The number of fused-ring (bicyclic) bond motifs is 5. The summed E-state index contributed by atoms with van der Waals surface area (Å²) in [6.45, 7) is 17.7. The van der Waals surface area contributed by atoms with Crippen molar-refractivity contribution in [3.63, 3.8) is 0 Å². The summed E-state index contributed by atoms with van der Waals surface area (Å²) >= 11 is 0. The van der Waals surface area contributed by atoms with Crippen molar-refractivity contribution in [3.8, 4) is 0 Å². The third-order valence-electron chi connectivity index (χ3n) is 11.2. The van der Waals surface area contributed by atoms with Crippen LogP contribution in [0, 0.1) is 58.2 Å². The summed E-state index contributed by atoms with van der Waals surface area (Å²) in [6, 6.07) is 0. The van der Waals surface area contributed by atoms with Crippen molar-refractivity contribution < 1.29 is 0 Å². The Labute approximate surface area is 195 Å². The predicted octanol–water partition coefficient (Wildman–Crippen LogP) is 9.69. The lowest BCUT2D eigenvalue weighted by atomic mass is 9.46. The molecular formula is C31H54. The van der Waals surface area contributed by atoms with E-state index in [1.54, 1.807) is 0 Å². The summed E-state index contributed by atoms with van der Waals surface area (Å²) in [7, 11) is 0. The molecular weight excluding hydrogens is 372 g/mol. The predicted molar refractivity (Wildman–Crippen MR) is 136 cm³/mol. The zero-order valence-electron chi connectivity index (χ0n) is 22.2. The van der Waals surface area contributed by atoms with Gasteiger partial charge in [0.1, 0.15) is 0 Å². The van der Waals surface area contributed by atoms with Gasteiger partial charge in [0.2, 0.25) is 0 Å². The Morgan fingerprint density at radius 3 is 2.35 bits per heavy atom. The Morgan fingerprint density at radius 2 is 1.65 bits per heavy atom. The maximum atomic E-state index is 2.79. The normalized spacial score (nSPS) is 43.4. The first-order chi connectivity index (χ1) is 14.6. The molecule has 0 bridgehead atoms. The highest BCUT2D eigenvalue weighted by atomic mass is 14.6. The van der Waals surface area contributed by atoms with Crippen LogP contribution in [-0.2, 0) is 0 Å². The van der Waals surface area contributed by atoms with Crippen molar-refractivity contribution in [2.75, 3.05) is 0 Å². The van der Waals surface area contributed by atoms with Crippen molar-refractivity contribution in [1.29, 1.82) is 0 Å². The minimum Gasteiger partial charge on any atom is -0.0845 e. The summed E-state index contributed by atoms with van der Waals surface area (Å²) in [5, 5.41) is 0. The van der Waals surface area contributed by atoms with Gasteiger partial charge in [0.05, 0.1) is 0 Å². The number of rotatable bonds is 7. The molecule has 0 aliphatic heterocycles. The molecule has 178 valence electrons. The molecule has 0 radical (unpaired) electrons. The highest BCUT2D eigenvalue weighted by Crippen LogP contribution is 2.67. The van der Waals surface area contributed by atoms with Gasteiger partial charge in [-0.05, 0) is 116 Å². The molecule has 0 aromatic rings. The Bertz CT molecular complexity index is 640. The number of hydrogen-bond acceptors (Lipinski definition) is 0. The van der Waals surface area contributed by atoms with E-state index in [9.17, 15) is 0 Å². The molecule has 0 spiro atoms. The average molecular weight is 427 g/mol. The van der Waals surface area contributed by atoms with E-state index in [1.807, 2.05) is 5.57 Å². The first-order valence-corrected chi connectivity index (χ1v) is 14.3. The molecule has 1 unspecified atom stereocenters.